The molecule has 0 amide bonds. The maximum Gasteiger partial charge on any atom is 0.528 e. The largest absolute Gasteiger partial charge is 0.528 e. The Hall–Kier alpha value is -2.69. The highest BCUT2D eigenvalue weighted by Crippen LogP contribution is 2.54. The first-order valence-electron chi connectivity index (χ1n) is 24.0. The summed E-state index contributed by atoms with van der Waals surface area (Å²) >= 11 is 0. The van der Waals surface area contributed by atoms with Gasteiger partial charge in [-0.3, -0.25) is 18.8 Å². The predicted molar refractivity (Wildman–Crippen MR) is 297 cm³/mol. The van der Waals surface area contributed by atoms with Crippen molar-refractivity contribution in [3.8, 4) is 11.5 Å². The molecule has 2 aromatic carbocycles. The lowest BCUT2D eigenvalue weighted by Gasteiger charge is -2.37. The van der Waals surface area contributed by atoms with E-state index < -0.39 is 27.9 Å². The van der Waals surface area contributed by atoms with Crippen LogP contribution < -0.4 is 9.05 Å². The van der Waals surface area contributed by atoms with Crippen molar-refractivity contribution in [3.63, 3.8) is 0 Å². The third-order valence-electron chi connectivity index (χ3n) is 12.2. The van der Waals surface area contributed by atoms with Crippen LogP contribution in [0.4, 0.5) is 0 Å². The molecule has 386 valence electrons. The van der Waals surface area contributed by atoms with Gasteiger partial charge in [-0.15, -0.1) is 0 Å². The Kier molecular flexibility index (Phi) is 19.0. The van der Waals surface area contributed by atoms with Crippen molar-refractivity contribution in [1.29, 1.82) is 0 Å². The molecule has 2 aliphatic carbocycles. The van der Waals surface area contributed by atoms with Crippen LogP contribution in [0.15, 0.2) is 107 Å². The van der Waals surface area contributed by atoms with Crippen LogP contribution in [-0.4, -0.2) is 39.4 Å². The Morgan fingerprint density at radius 1 is 0.420 bits per heavy atom. The van der Waals surface area contributed by atoms with Crippen molar-refractivity contribution < 1.29 is 37.0 Å². The average Bonchev–Trinajstić information content (AvgIpc) is 3.09. The van der Waals surface area contributed by atoms with Crippen LogP contribution in [0.25, 0.3) is 0 Å². The molecule has 0 radical (unpaired) electrons. The first kappa shape index (κ1) is 62.4. The molecule has 69 heavy (non-hydrogen) atoms. The van der Waals surface area contributed by atoms with E-state index in [4.69, 9.17) is 18.1 Å². The fourth-order valence-electron chi connectivity index (χ4n) is 7.74. The molecule has 4 unspecified atom stereocenters. The molecule has 0 aromatic heterocycles. The summed E-state index contributed by atoms with van der Waals surface area (Å²) in [6.07, 6.45) is 6.59. The summed E-state index contributed by atoms with van der Waals surface area (Å²) in [5.41, 5.74) is 7.91. The number of allylic oxidation sites excluding steroid dienone is 4. The SMILES string of the molecule is C=C1C=C(C(C)(C)C)C=C(C(C)(C)C)C1OP(=O)(O)Oc1ccc(C(C)(C)C)cc1C(C)(C)C.C=C1C=C(C(C)(C)C)C=C(C(C)(C)C)C1OP(=O)(O)Oc1ccc(C(C)(C)C)cc1C(C)(C)C.[AlH3]. The first-order chi connectivity index (χ1) is 30.0. The molecule has 0 saturated carbocycles. The fraction of sp³-hybridized carbons (Fsp3) is 0.586. The minimum Gasteiger partial charge on any atom is -0.404 e. The van der Waals surface area contributed by atoms with E-state index in [0.717, 1.165) is 44.5 Å². The van der Waals surface area contributed by atoms with Crippen molar-refractivity contribution in [2.75, 3.05) is 0 Å². The summed E-state index contributed by atoms with van der Waals surface area (Å²) in [5.74, 6) is 0.722. The predicted octanol–water partition coefficient (Wildman–Crippen LogP) is 16.1. The summed E-state index contributed by atoms with van der Waals surface area (Å²) in [5, 5.41) is 0. The maximum atomic E-state index is 13.3. The van der Waals surface area contributed by atoms with Gasteiger partial charge in [0.15, 0.2) is 17.4 Å². The highest BCUT2D eigenvalue weighted by Gasteiger charge is 2.41. The van der Waals surface area contributed by atoms with Gasteiger partial charge >= 0.3 is 15.6 Å². The molecular formula is C58H93AlO8P2. The van der Waals surface area contributed by atoms with Crippen LogP contribution in [0.1, 0.15) is 188 Å². The zero-order valence-corrected chi connectivity index (χ0v) is 48.4. The minimum atomic E-state index is -4.47. The molecule has 0 bridgehead atoms. The van der Waals surface area contributed by atoms with Gasteiger partial charge in [0.1, 0.15) is 23.7 Å². The van der Waals surface area contributed by atoms with Crippen LogP contribution in [0, 0.1) is 21.7 Å². The Bertz CT molecular complexity index is 2270. The van der Waals surface area contributed by atoms with E-state index in [1.165, 1.54) is 0 Å². The Labute approximate surface area is 430 Å². The summed E-state index contributed by atoms with van der Waals surface area (Å²) < 4.78 is 49.8. The van der Waals surface area contributed by atoms with Crippen LogP contribution >= 0.6 is 15.6 Å². The highest BCUT2D eigenvalue weighted by atomic mass is 31.2. The van der Waals surface area contributed by atoms with Crippen molar-refractivity contribution in [3.05, 3.63) is 130 Å². The normalized spacial score (nSPS) is 19.6. The highest BCUT2D eigenvalue weighted by molar-refractivity contribution is 7.48. The van der Waals surface area contributed by atoms with Gasteiger partial charge in [-0.25, -0.2) is 9.13 Å². The lowest BCUT2D eigenvalue weighted by molar-refractivity contribution is 0.164. The number of phosphoric ester groups is 2. The van der Waals surface area contributed by atoms with E-state index in [1.807, 2.05) is 24.3 Å². The standard InChI is InChI=1S/2C29H45O4P.Al.3H/c2*1-19-16-21(27(5,6)7)18-23(29(11,12)13)25(19)33-34(30,31)32-24-15-14-20(26(2,3)4)17-22(24)28(8,9)10;;;;/h2*14-18,25H,1H2,2-13H3,(H,30,31);;;;. The first-order valence-corrected chi connectivity index (χ1v) is 27.0. The van der Waals surface area contributed by atoms with Crippen LogP contribution in [0.3, 0.4) is 0 Å². The number of hydrogen-bond acceptors (Lipinski definition) is 6. The molecule has 0 aliphatic heterocycles. The van der Waals surface area contributed by atoms with Crippen molar-refractivity contribution in [1.82, 2.24) is 0 Å². The fourth-order valence-corrected chi connectivity index (χ4v) is 9.67. The molecule has 2 N–H and O–H groups in total. The Morgan fingerprint density at radius 3 is 0.913 bits per heavy atom. The molecule has 8 nitrogen and oxygen atoms in total. The second-order valence-electron chi connectivity index (χ2n) is 27.1. The third kappa shape index (κ3) is 17.2. The van der Waals surface area contributed by atoms with E-state index in [9.17, 15) is 18.9 Å². The van der Waals surface area contributed by atoms with E-state index in [0.29, 0.717) is 22.6 Å². The second kappa shape index (κ2) is 21.0. The molecule has 0 saturated heterocycles. The zero-order valence-electron chi connectivity index (χ0n) is 46.6. The van der Waals surface area contributed by atoms with Gasteiger partial charge in [0.25, 0.3) is 0 Å². The maximum absolute atomic E-state index is 13.3. The van der Waals surface area contributed by atoms with Crippen molar-refractivity contribution >= 4 is 33.0 Å². The smallest absolute Gasteiger partial charge is 0.404 e. The summed E-state index contributed by atoms with van der Waals surface area (Å²) in [6, 6.07) is 11.6. The van der Waals surface area contributed by atoms with Gasteiger partial charge in [-0.1, -0.05) is 228 Å². The quantitative estimate of drug-likeness (QED) is 0.199. The lowest BCUT2D eigenvalue weighted by atomic mass is 9.73. The second-order valence-corrected chi connectivity index (χ2v) is 29.7. The molecule has 0 fully saturated rings. The van der Waals surface area contributed by atoms with Crippen LogP contribution in [-0.2, 0) is 39.8 Å². The summed E-state index contributed by atoms with van der Waals surface area (Å²) in [4.78, 5) is 21.8. The van der Waals surface area contributed by atoms with Gasteiger partial charge < -0.3 is 9.05 Å². The van der Waals surface area contributed by atoms with Crippen molar-refractivity contribution in [2.45, 2.75) is 200 Å². The number of hydrogen-bond donors (Lipinski definition) is 2. The number of benzene rings is 2. The molecule has 2 aromatic rings. The molecule has 0 spiro atoms. The molecule has 2 aliphatic rings. The molecule has 11 heteroatoms. The average molecular weight is 1010 g/mol. The topological polar surface area (TPSA) is 112 Å². The Morgan fingerprint density at radius 2 is 0.696 bits per heavy atom. The van der Waals surface area contributed by atoms with Gasteiger partial charge in [0.2, 0.25) is 0 Å². The summed E-state index contributed by atoms with van der Waals surface area (Å²) in [6.45, 7) is 58.8. The molecule has 4 atom stereocenters. The van der Waals surface area contributed by atoms with Crippen LogP contribution in [0.5, 0.6) is 11.5 Å². The Balaban J connectivity index is 0.000000467. The van der Waals surface area contributed by atoms with E-state index in [1.54, 1.807) is 12.1 Å². The van der Waals surface area contributed by atoms with Gasteiger partial charge in [-0.2, -0.15) is 0 Å². The third-order valence-corrected chi connectivity index (χ3v) is 14.0. The van der Waals surface area contributed by atoms with E-state index >= 15 is 0 Å². The van der Waals surface area contributed by atoms with Gasteiger partial charge in [0.05, 0.1) is 0 Å². The van der Waals surface area contributed by atoms with Gasteiger partial charge in [0, 0.05) is 11.1 Å². The number of phosphoric acid groups is 2. The lowest BCUT2D eigenvalue weighted by Crippen LogP contribution is -2.30. The number of rotatable bonds is 8. The minimum absolute atomic E-state index is 0. The van der Waals surface area contributed by atoms with Gasteiger partial charge in [-0.05, 0) is 100 Å². The molecular weight excluding hydrogens is 914 g/mol. The summed E-state index contributed by atoms with van der Waals surface area (Å²) in [7, 11) is -8.94. The van der Waals surface area contributed by atoms with E-state index in [2.05, 4.69) is 204 Å². The molecule has 0 heterocycles. The zero-order chi connectivity index (χ0) is 53.0. The van der Waals surface area contributed by atoms with Crippen LogP contribution in [0.2, 0.25) is 0 Å². The molecule has 4 rings (SSSR count). The monoisotopic (exact) mass is 1010 g/mol. The van der Waals surface area contributed by atoms with Crippen molar-refractivity contribution in [2.24, 2.45) is 21.7 Å². The van der Waals surface area contributed by atoms with E-state index in [-0.39, 0.29) is 60.7 Å².